The molecule has 1 fully saturated rings. The Morgan fingerprint density at radius 1 is 1.29 bits per heavy atom. The van der Waals surface area contributed by atoms with Crippen LogP contribution in [0.25, 0.3) is 0 Å². The second-order valence-corrected chi connectivity index (χ2v) is 5.02. The maximum absolute atomic E-state index is 12.7. The van der Waals surface area contributed by atoms with Crippen LogP contribution < -0.4 is 10.6 Å². The second kappa shape index (κ2) is 5.27. The molecule has 1 saturated carbocycles. The number of carbonyl (C=O) groups excluding carboxylic acids is 1. The first-order valence-corrected chi connectivity index (χ1v) is 6.20. The zero-order chi connectivity index (χ0) is 15.8. The molecule has 1 aromatic carbocycles. The van der Waals surface area contributed by atoms with Crippen LogP contribution in [0.3, 0.4) is 0 Å². The summed E-state index contributed by atoms with van der Waals surface area (Å²) < 4.78 is 38.1. The first-order chi connectivity index (χ1) is 9.66. The third-order valence-corrected chi connectivity index (χ3v) is 3.19. The Bertz CT molecular complexity index is 587. The van der Waals surface area contributed by atoms with Gasteiger partial charge in [-0.1, -0.05) is 6.92 Å². The number of amides is 2. The third-order valence-electron chi connectivity index (χ3n) is 3.19. The van der Waals surface area contributed by atoms with Crippen LogP contribution in [0.15, 0.2) is 18.2 Å². The van der Waals surface area contributed by atoms with Gasteiger partial charge in [-0.3, -0.25) is 0 Å². The van der Waals surface area contributed by atoms with E-state index in [9.17, 15) is 22.8 Å². The van der Waals surface area contributed by atoms with Gasteiger partial charge in [0.15, 0.2) is 0 Å². The number of rotatable bonds is 3. The number of urea groups is 1. The first kappa shape index (κ1) is 15.1. The Morgan fingerprint density at radius 2 is 1.90 bits per heavy atom. The zero-order valence-corrected chi connectivity index (χ0v) is 11.0. The number of carbonyl (C=O) groups is 2. The molecule has 5 nitrogen and oxygen atoms in total. The van der Waals surface area contributed by atoms with Gasteiger partial charge in [-0.2, -0.15) is 13.2 Å². The number of carboxylic acid groups (broad SMARTS) is 1. The van der Waals surface area contributed by atoms with Gasteiger partial charge in [0.05, 0.1) is 11.1 Å². The Balaban J connectivity index is 2.19. The van der Waals surface area contributed by atoms with E-state index in [-0.39, 0.29) is 11.7 Å². The summed E-state index contributed by atoms with van der Waals surface area (Å²) in [7, 11) is 0. The van der Waals surface area contributed by atoms with E-state index in [1.807, 2.05) is 6.92 Å². The molecule has 114 valence electrons. The van der Waals surface area contributed by atoms with Crippen molar-refractivity contribution in [1.29, 1.82) is 0 Å². The molecule has 3 N–H and O–H groups in total. The number of hydrogen-bond donors (Lipinski definition) is 3. The predicted octanol–water partition coefficient (Wildman–Crippen LogP) is 2.93. The minimum absolute atomic E-state index is 0.00902. The van der Waals surface area contributed by atoms with Crippen LogP contribution in [0.1, 0.15) is 29.3 Å². The lowest BCUT2D eigenvalue weighted by atomic mass is 10.1. The molecule has 2 rings (SSSR count). The highest BCUT2D eigenvalue weighted by atomic mass is 19.4. The average Bonchev–Trinajstić information content (AvgIpc) is 3.02. The van der Waals surface area contributed by atoms with E-state index >= 15 is 0 Å². The van der Waals surface area contributed by atoms with Gasteiger partial charge in [-0.25, -0.2) is 9.59 Å². The number of carboxylic acids is 1. The highest BCUT2D eigenvalue weighted by Crippen LogP contribution is 2.32. The van der Waals surface area contributed by atoms with Crippen LogP contribution >= 0.6 is 0 Å². The lowest BCUT2D eigenvalue weighted by molar-refractivity contribution is -0.137. The maximum atomic E-state index is 12.7. The van der Waals surface area contributed by atoms with E-state index in [1.165, 1.54) is 0 Å². The highest BCUT2D eigenvalue weighted by Gasteiger charge is 2.34. The fourth-order valence-corrected chi connectivity index (χ4v) is 1.85. The Morgan fingerprint density at radius 3 is 2.38 bits per heavy atom. The van der Waals surface area contributed by atoms with Crippen molar-refractivity contribution in [1.82, 2.24) is 5.32 Å². The summed E-state index contributed by atoms with van der Waals surface area (Å²) in [4.78, 5) is 22.5. The molecule has 0 spiro atoms. The maximum Gasteiger partial charge on any atom is 0.416 e. The van der Waals surface area contributed by atoms with Crippen molar-refractivity contribution in [3.05, 3.63) is 29.3 Å². The van der Waals surface area contributed by atoms with Gasteiger partial charge in [0.2, 0.25) is 0 Å². The van der Waals surface area contributed by atoms with E-state index in [0.29, 0.717) is 18.1 Å². The molecule has 1 aliphatic carbocycles. The van der Waals surface area contributed by atoms with Gasteiger partial charge in [0.25, 0.3) is 0 Å². The SMILES string of the molecule is CC1CC1NC(=O)Nc1cc(C(=O)O)cc(C(F)(F)F)c1. The first-order valence-electron chi connectivity index (χ1n) is 6.20. The van der Waals surface area contributed by atoms with Crippen molar-refractivity contribution in [2.75, 3.05) is 5.32 Å². The molecule has 1 aliphatic rings. The smallest absolute Gasteiger partial charge is 0.416 e. The number of anilines is 1. The fraction of sp³-hybridized carbons (Fsp3) is 0.385. The minimum Gasteiger partial charge on any atom is -0.478 e. The average molecular weight is 302 g/mol. The van der Waals surface area contributed by atoms with Gasteiger partial charge in [0.1, 0.15) is 0 Å². The molecular formula is C13H13F3N2O3. The van der Waals surface area contributed by atoms with Crippen LogP contribution in [0.5, 0.6) is 0 Å². The van der Waals surface area contributed by atoms with E-state index in [0.717, 1.165) is 12.5 Å². The van der Waals surface area contributed by atoms with E-state index < -0.39 is 29.3 Å². The molecule has 1 aromatic rings. The van der Waals surface area contributed by atoms with E-state index in [4.69, 9.17) is 5.11 Å². The topological polar surface area (TPSA) is 78.4 Å². The number of halogens is 3. The van der Waals surface area contributed by atoms with Crippen molar-refractivity contribution >= 4 is 17.7 Å². The zero-order valence-electron chi connectivity index (χ0n) is 11.0. The largest absolute Gasteiger partial charge is 0.478 e. The summed E-state index contributed by atoms with van der Waals surface area (Å²) >= 11 is 0. The number of hydrogen-bond acceptors (Lipinski definition) is 2. The van der Waals surface area contributed by atoms with Crippen molar-refractivity contribution in [2.24, 2.45) is 5.92 Å². The Kier molecular flexibility index (Phi) is 3.80. The summed E-state index contributed by atoms with van der Waals surface area (Å²) in [6, 6.07) is 1.55. The molecule has 0 aromatic heterocycles. The molecule has 8 heteroatoms. The number of aromatic carboxylic acids is 1. The van der Waals surface area contributed by atoms with Crippen LogP contribution in [0.4, 0.5) is 23.7 Å². The molecule has 0 radical (unpaired) electrons. The second-order valence-electron chi connectivity index (χ2n) is 5.02. The molecule has 2 unspecified atom stereocenters. The lowest BCUT2D eigenvalue weighted by Gasteiger charge is -2.12. The molecule has 2 amide bonds. The molecule has 0 bridgehead atoms. The van der Waals surface area contributed by atoms with Crippen LogP contribution in [-0.2, 0) is 6.18 Å². The van der Waals surface area contributed by atoms with Crippen molar-refractivity contribution in [3.8, 4) is 0 Å². The molecule has 0 heterocycles. The van der Waals surface area contributed by atoms with Crippen LogP contribution in [0.2, 0.25) is 0 Å². The van der Waals surface area contributed by atoms with Gasteiger partial charge in [-0.05, 0) is 30.5 Å². The Hall–Kier alpha value is -2.25. The normalized spacial score (nSPS) is 20.8. The lowest BCUT2D eigenvalue weighted by Crippen LogP contribution is -2.31. The van der Waals surface area contributed by atoms with Gasteiger partial charge < -0.3 is 15.7 Å². The van der Waals surface area contributed by atoms with E-state index in [2.05, 4.69) is 10.6 Å². The van der Waals surface area contributed by atoms with Gasteiger partial charge in [0, 0.05) is 11.7 Å². The monoisotopic (exact) mass is 302 g/mol. The number of benzene rings is 1. The van der Waals surface area contributed by atoms with E-state index in [1.54, 1.807) is 0 Å². The Labute approximate surface area is 118 Å². The number of nitrogens with one attached hydrogen (secondary N) is 2. The number of alkyl halides is 3. The minimum atomic E-state index is -4.69. The molecule has 0 saturated heterocycles. The van der Waals surface area contributed by atoms with Crippen LogP contribution in [-0.4, -0.2) is 23.1 Å². The van der Waals surface area contributed by atoms with Gasteiger partial charge in [-0.15, -0.1) is 0 Å². The van der Waals surface area contributed by atoms with Crippen molar-refractivity contribution < 1.29 is 27.9 Å². The predicted molar refractivity (Wildman–Crippen MR) is 68.1 cm³/mol. The van der Waals surface area contributed by atoms with Gasteiger partial charge >= 0.3 is 18.2 Å². The fourth-order valence-electron chi connectivity index (χ4n) is 1.85. The standard InChI is InChI=1S/C13H13F3N2O3/c1-6-2-10(6)18-12(21)17-9-4-7(11(19)20)3-8(5-9)13(14,15)16/h3-6,10H,2H2,1H3,(H,19,20)(H2,17,18,21). The molecular weight excluding hydrogens is 289 g/mol. The van der Waals surface area contributed by atoms with Crippen LogP contribution in [0, 0.1) is 5.92 Å². The summed E-state index contributed by atoms with van der Waals surface area (Å²) in [5.74, 6) is -1.16. The van der Waals surface area contributed by atoms with Crippen molar-refractivity contribution in [2.45, 2.75) is 25.6 Å². The summed E-state index contributed by atoms with van der Waals surface area (Å²) in [5.41, 5.74) is -1.88. The van der Waals surface area contributed by atoms with Crippen molar-refractivity contribution in [3.63, 3.8) is 0 Å². The third kappa shape index (κ3) is 3.87. The molecule has 0 aliphatic heterocycles. The summed E-state index contributed by atoms with van der Waals surface area (Å²) in [6.45, 7) is 1.93. The summed E-state index contributed by atoms with van der Waals surface area (Å²) in [6.07, 6.45) is -3.88. The highest BCUT2D eigenvalue weighted by molar-refractivity contribution is 5.93. The molecule has 2 atom stereocenters. The quantitative estimate of drug-likeness (QED) is 0.803. The molecule has 21 heavy (non-hydrogen) atoms. The summed E-state index contributed by atoms with van der Waals surface area (Å²) in [5, 5.41) is 13.6.